The van der Waals surface area contributed by atoms with Gasteiger partial charge in [0.2, 0.25) is 0 Å². The van der Waals surface area contributed by atoms with Crippen molar-refractivity contribution >= 4 is 13.5 Å². The minimum atomic E-state index is 0.0750. The molecule has 0 spiro atoms. The number of nitrogens with one attached hydrogen (secondary N) is 2. The number of hydrogen-bond acceptors (Lipinski definition) is 2. The molecule has 0 fully saturated rings. The molecular weight excluding hydrogens is 98.9 g/mol. The van der Waals surface area contributed by atoms with Gasteiger partial charge in [0.25, 0.3) is 0 Å². The molecular formula is C5H9BN2. The summed E-state index contributed by atoms with van der Waals surface area (Å²) in [5.74, 6) is 0. The van der Waals surface area contributed by atoms with Gasteiger partial charge < -0.3 is 10.7 Å². The second-order valence-electron chi connectivity index (χ2n) is 1.35. The fourth-order valence-electron chi connectivity index (χ4n) is 0.267. The van der Waals surface area contributed by atoms with Gasteiger partial charge in [-0.3, -0.25) is 0 Å². The SMILES string of the molecule is [B]C(=N)/C=C\NCC. The lowest BCUT2D eigenvalue weighted by atomic mass is 10.0. The number of hydrogen-bond donors (Lipinski definition) is 2. The normalized spacial score (nSPS) is 9.62. The van der Waals surface area contributed by atoms with Crippen molar-refractivity contribution in [3.8, 4) is 0 Å². The Bertz CT molecular complexity index is 98.6. The fourth-order valence-corrected chi connectivity index (χ4v) is 0.267. The van der Waals surface area contributed by atoms with E-state index in [0.29, 0.717) is 0 Å². The summed E-state index contributed by atoms with van der Waals surface area (Å²) >= 11 is 0. The van der Waals surface area contributed by atoms with Gasteiger partial charge in [-0.25, -0.2) is 0 Å². The Labute approximate surface area is 50.9 Å². The Morgan fingerprint density at radius 3 is 2.88 bits per heavy atom. The van der Waals surface area contributed by atoms with Gasteiger partial charge in [0.15, 0.2) is 0 Å². The summed E-state index contributed by atoms with van der Waals surface area (Å²) in [5, 5.41) is 9.60. The van der Waals surface area contributed by atoms with Gasteiger partial charge in [-0.1, -0.05) is 0 Å². The van der Waals surface area contributed by atoms with Gasteiger partial charge in [0.05, 0.1) is 0 Å². The Morgan fingerprint density at radius 1 is 1.88 bits per heavy atom. The Balaban J connectivity index is 3.20. The smallest absolute Gasteiger partial charge is 0.140 e. The zero-order chi connectivity index (χ0) is 6.41. The second kappa shape index (κ2) is 4.43. The summed E-state index contributed by atoms with van der Waals surface area (Å²) in [5.41, 5.74) is 0.0750. The van der Waals surface area contributed by atoms with Crippen molar-refractivity contribution in [1.29, 1.82) is 5.41 Å². The first-order chi connectivity index (χ1) is 3.77. The highest BCUT2D eigenvalue weighted by molar-refractivity contribution is 6.61. The van der Waals surface area contributed by atoms with Crippen LogP contribution in [0.5, 0.6) is 0 Å². The molecule has 0 unspecified atom stereocenters. The van der Waals surface area contributed by atoms with Gasteiger partial charge in [-0.05, 0) is 24.8 Å². The third-order valence-electron chi connectivity index (χ3n) is 0.585. The van der Waals surface area contributed by atoms with Crippen molar-refractivity contribution in [2.24, 2.45) is 0 Å². The molecule has 0 heterocycles. The standard InChI is InChI=1S/C5H9BN2/c1-2-8-4-3-5(6)7/h3-4,7-8H,2H2,1H3/b4-3-,7-5?. The van der Waals surface area contributed by atoms with E-state index in [0.717, 1.165) is 6.54 Å². The molecule has 0 aromatic carbocycles. The molecule has 0 saturated heterocycles. The van der Waals surface area contributed by atoms with E-state index >= 15 is 0 Å². The molecule has 0 aromatic rings. The quantitative estimate of drug-likeness (QED) is 0.394. The van der Waals surface area contributed by atoms with E-state index in [2.05, 4.69) is 5.32 Å². The molecule has 0 aliphatic carbocycles. The van der Waals surface area contributed by atoms with Crippen molar-refractivity contribution < 1.29 is 0 Å². The summed E-state index contributed by atoms with van der Waals surface area (Å²) in [6.07, 6.45) is 3.16. The van der Waals surface area contributed by atoms with Crippen LogP contribution in [0.2, 0.25) is 0 Å². The maximum absolute atomic E-state index is 6.72. The van der Waals surface area contributed by atoms with Gasteiger partial charge in [0.1, 0.15) is 7.85 Å². The highest BCUT2D eigenvalue weighted by Gasteiger charge is 1.71. The largest absolute Gasteiger partial charge is 0.391 e. The molecule has 0 aliphatic heterocycles. The van der Waals surface area contributed by atoms with Gasteiger partial charge in [0, 0.05) is 6.54 Å². The minimum Gasteiger partial charge on any atom is -0.391 e. The molecule has 8 heavy (non-hydrogen) atoms. The molecule has 2 nitrogen and oxygen atoms in total. The first kappa shape index (κ1) is 7.27. The van der Waals surface area contributed by atoms with Crippen LogP contribution in [0.1, 0.15) is 6.92 Å². The van der Waals surface area contributed by atoms with E-state index in [1.165, 1.54) is 6.08 Å². The van der Waals surface area contributed by atoms with Gasteiger partial charge >= 0.3 is 0 Å². The molecule has 0 saturated carbocycles. The van der Waals surface area contributed by atoms with Gasteiger partial charge in [-0.2, -0.15) is 0 Å². The predicted molar refractivity (Wildman–Crippen MR) is 36.3 cm³/mol. The van der Waals surface area contributed by atoms with E-state index in [-0.39, 0.29) is 5.61 Å². The Kier molecular flexibility index (Phi) is 4.03. The molecule has 3 heteroatoms. The van der Waals surface area contributed by atoms with Crippen molar-refractivity contribution in [2.75, 3.05) is 6.54 Å². The average Bonchev–Trinajstić information content (AvgIpc) is 1.66. The zero-order valence-electron chi connectivity index (χ0n) is 4.94. The molecule has 0 rings (SSSR count). The van der Waals surface area contributed by atoms with Crippen molar-refractivity contribution in [3.63, 3.8) is 0 Å². The van der Waals surface area contributed by atoms with Crippen molar-refractivity contribution in [2.45, 2.75) is 6.92 Å². The summed E-state index contributed by atoms with van der Waals surface area (Å²) in [7, 11) is 4.99. The summed E-state index contributed by atoms with van der Waals surface area (Å²) in [6.45, 7) is 2.84. The van der Waals surface area contributed by atoms with Crippen LogP contribution in [-0.4, -0.2) is 20.0 Å². The van der Waals surface area contributed by atoms with Crippen LogP contribution < -0.4 is 5.32 Å². The fraction of sp³-hybridized carbons (Fsp3) is 0.400. The Hall–Kier alpha value is -0.725. The molecule has 2 N–H and O–H groups in total. The van der Waals surface area contributed by atoms with E-state index < -0.39 is 0 Å². The minimum absolute atomic E-state index is 0.0750. The van der Waals surface area contributed by atoms with Crippen LogP contribution in [0.15, 0.2) is 12.3 Å². The van der Waals surface area contributed by atoms with Crippen LogP contribution in [0.3, 0.4) is 0 Å². The highest BCUT2D eigenvalue weighted by Crippen LogP contribution is 1.65. The van der Waals surface area contributed by atoms with Crippen molar-refractivity contribution in [1.82, 2.24) is 5.32 Å². The van der Waals surface area contributed by atoms with E-state index in [4.69, 9.17) is 13.3 Å². The molecule has 0 aliphatic rings. The van der Waals surface area contributed by atoms with Gasteiger partial charge in [-0.15, -0.1) is 0 Å². The topological polar surface area (TPSA) is 35.9 Å². The first-order valence-corrected chi connectivity index (χ1v) is 2.51. The average molecular weight is 108 g/mol. The lowest BCUT2D eigenvalue weighted by molar-refractivity contribution is 0.920. The van der Waals surface area contributed by atoms with E-state index in [1.54, 1.807) is 6.20 Å². The monoisotopic (exact) mass is 108 g/mol. The maximum atomic E-state index is 6.72. The van der Waals surface area contributed by atoms with Crippen LogP contribution in [0, 0.1) is 5.41 Å². The van der Waals surface area contributed by atoms with Crippen LogP contribution in [0.25, 0.3) is 0 Å². The van der Waals surface area contributed by atoms with E-state index in [1.807, 2.05) is 6.92 Å². The molecule has 0 atom stereocenters. The maximum Gasteiger partial charge on any atom is 0.140 e. The van der Waals surface area contributed by atoms with Crippen LogP contribution in [0.4, 0.5) is 0 Å². The molecule has 0 bridgehead atoms. The molecule has 0 aromatic heterocycles. The Morgan fingerprint density at radius 2 is 2.50 bits per heavy atom. The summed E-state index contributed by atoms with van der Waals surface area (Å²) in [6, 6.07) is 0. The lowest BCUT2D eigenvalue weighted by Gasteiger charge is -1.88. The second-order valence-corrected chi connectivity index (χ2v) is 1.35. The number of rotatable bonds is 3. The lowest BCUT2D eigenvalue weighted by Crippen LogP contribution is -2.03. The zero-order valence-corrected chi connectivity index (χ0v) is 4.94. The highest BCUT2D eigenvalue weighted by atomic mass is 14.8. The van der Waals surface area contributed by atoms with Crippen molar-refractivity contribution in [3.05, 3.63) is 12.3 Å². The van der Waals surface area contributed by atoms with Crippen LogP contribution >= 0.6 is 0 Å². The molecule has 0 amide bonds. The van der Waals surface area contributed by atoms with Crippen LogP contribution in [-0.2, 0) is 0 Å². The third-order valence-corrected chi connectivity index (χ3v) is 0.585. The first-order valence-electron chi connectivity index (χ1n) is 2.51. The number of allylic oxidation sites excluding steroid dienone is 1. The third kappa shape index (κ3) is 5.27. The summed E-state index contributed by atoms with van der Waals surface area (Å²) in [4.78, 5) is 0. The molecule has 42 valence electrons. The van der Waals surface area contributed by atoms with E-state index in [9.17, 15) is 0 Å². The predicted octanol–water partition coefficient (Wildman–Crippen LogP) is 0.255. The molecule has 2 radical (unpaired) electrons. The summed E-state index contributed by atoms with van der Waals surface area (Å²) < 4.78 is 0.